The standard InChI is InChI=1S/C16H17NO2/c1-12-4-6-13(7-5-12)9-15(10-16(18)19)14-3-2-8-17-11-14/h2-8,11,15H,9-10H2,1H3,(H,18,19). The molecule has 3 nitrogen and oxygen atoms in total. The maximum atomic E-state index is 11.0. The van der Waals surface area contributed by atoms with Crippen LogP contribution < -0.4 is 0 Å². The fraction of sp³-hybridized carbons (Fsp3) is 0.250. The minimum atomic E-state index is -0.777. The molecule has 3 heteroatoms. The quantitative estimate of drug-likeness (QED) is 0.892. The van der Waals surface area contributed by atoms with E-state index in [2.05, 4.69) is 29.2 Å². The SMILES string of the molecule is Cc1ccc(CC(CC(=O)O)c2cccnc2)cc1. The van der Waals surface area contributed by atoms with E-state index in [0.29, 0.717) is 0 Å². The second kappa shape index (κ2) is 6.14. The average molecular weight is 255 g/mol. The van der Waals surface area contributed by atoms with Crippen LogP contribution in [0.15, 0.2) is 48.8 Å². The van der Waals surface area contributed by atoms with Crippen molar-refractivity contribution in [2.75, 3.05) is 0 Å². The number of carbonyl (C=O) groups is 1. The summed E-state index contributed by atoms with van der Waals surface area (Å²) in [4.78, 5) is 15.1. The number of pyridine rings is 1. The van der Waals surface area contributed by atoms with E-state index in [1.807, 2.05) is 19.1 Å². The Hall–Kier alpha value is -2.16. The van der Waals surface area contributed by atoms with Crippen molar-refractivity contribution >= 4 is 5.97 Å². The molecule has 19 heavy (non-hydrogen) atoms. The van der Waals surface area contributed by atoms with Gasteiger partial charge in [0.15, 0.2) is 0 Å². The molecule has 1 unspecified atom stereocenters. The molecule has 2 rings (SSSR count). The summed E-state index contributed by atoms with van der Waals surface area (Å²) in [5.74, 6) is -0.810. The number of carboxylic acids is 1. The van der Waals surface area contributed by atoms with Gasteiger partial charge in [0, 0.05) is 12.4 Å². The Morgan fingerprint density at radius 1 is 1.26 bits per heavy atom. The fourth-order valence-electron chi connectivity index (χ4n) is 2.14. The van der Waals surface area contributed by atoms with Crippen LogP contribution in [0, 0.1) is 6.92 Å². The third-order valence-electron chi connectivity index (χ3n) is 3.18. The van der Waals surface area contributed by atoms with Crippen molar-refractivity contribution in [3.05, 3.63) is 65.5 Å². The molecule has 0 spiro atoms. The molecule has 2 aromatic rings. The van der Waals surface area contributed by atoms with Gasteiger partial charge < -0.3 is 5.11 Å². The lowest BCUT2D eigenvalue weighted by Gasteiger charge is -2.15. The van der Waals surface area contributed by atoms with Crippen LogP contribution in [0.1, 0.15) is 29.0 Å². The predicted octanol–water partition coefficient (Wildman–Crippen LogP) is 3.19. The first-order chi connectivity index (χ1) is 9.15. The van der Waals surface area contributed by atoms with Crippen LogP contribution in [0.2, 0.25) is 0 Å². The minimum absolute atomic E-state index is 0.0334. The highest BCUT2D eigenvalue weighted by atomic mass is 16.4. The summed E-state index contributed by atoms with van der Waals surface area (Å²) in [7, 11) is 0. The number of aliphatic carboxylic acids is 1. The highest BCUT2D eigenvalue weighted by molar-refractivity contribution is 5.68. The van der Waals surface area contributed by atoms with Gasteiger partial charge >= 0.3 is 5.97 Å². The van der Waals surface area contributed by atoms with E-state index in [1.54, 1.807) is 12.4 Å². The summed E-state index contributed by atoms with van der Waals surface area (Å²) in [5, 5.41) is 9.05. The summed E-state index contributed by atoms with van der Waals surface area (Å²) in [5.41, 5.74) is 3.34. The van der Waals surface area contributed by atoms with E-state index in [9.17, 15) is 4.79 Å². The molecule has 0 bridgehead atoms. The van der Waals surface area contributed by atoms with Crippen molar-refractivity contribution in [2.45, 2.75) is 25.7 Å². The van der Waals surface area contributed by atoms with Crippen LogP contribution in [0.3, 0.4) is 0 Å². The molecule has 1 heterocycles. The summed E-state index contributed by atoms with van der Waals surface area (Å²) < 4.78 is 0. The summed E-state index contributed by atoms with van der Waals surface area (Å²) >= 11 is 0. The first kappa shape index (κ1) is 13.3. The highest BCUT2D eigenvalue weighted by Gasteiger charge is 2.16. The van der Waals surface area contributed by atoms with Gasteiger partial charge in [-0.05, 0) is 36.5 Å². The molecule has 0 saturated carbocycles. The van der Waals surface area contributed by atoms with Crippen LogP contribution in [-0.4, -0.2) is 16.1 Å². The lowest BCUT2D eigenvalue weighted by atomic mass is 9.90. The third kappa shape index (κ3) is 3.91. The van der Waals surface area contributed by atoms with E-state index >= 15 is 0 Å². The number of rotatable bonds is 5. The Bertz CT molecular complexity index is 534. The number of aryl methyl sites for hydroxylation is 1. The van der Waals surface area contributed by atoms with Crippen molar-refractivity contribution in [2.24, 2.45) is 0 Å². The van der Waals surface area contributed by atoms with E-state index in [1.165, 1.54) is 5.56 Å². The van der Waals surface area contributed by atoms with Crippen LogP contribution in [0.5, 0.6) is 0 Å². The van der Waals surface area contributed by atoms with Gasteiger partial charge in [-0.3, -0.25) is 9.78 Å². The van der Waals surface area contributed by atoms with Gasteiger partial charge in [-0.1, -0.05) is 35.9 Å². The molecule has 1 atom stereocenters. The Morgan fingerprint density at radius 2 is 2.00 bits per heavy atom. The lowest BCUT2D eigenvalue weighted by Crippen LogP contribution is -2.09. The van der Waals surface area contributed by atoms with Gasteiger partial charge in [-0.25, -0.2) is 0 Å². The normalized spacial score (nSPS) is 12.1. The van der Waals surface area contributed by atoms with Gasteiger partial charge in [0.1, 0.15) is 0 Å². The first-order valence-corrected chi connectivity index (χ1v) is 6.32. The van der Waals surface area contributed by atoms with Crippen molar-refractivity contribution < 1.29 is 9.90 Å². The number of aromatic nitrogens is 1. The van der Waals surface area contributed by atoms with E-state index in [0.717, 1.165) is 17.5 Å². The Balaban J connectivity index is 2.19. The molecule has 1 aromatic heterocycles. The molecule has 0 fully saturated rings. The van der Waals surface area contributed by atoms with E-state index in [4.69, 9.17) is 5.11 Å². The van der Waals surface area contributed by atoms with Crippen molar-refractivity contribution in [3.8, 4) is 0 Å². The minimum Gasteiger partial charge on any atom is -0.481 e. The molecule has 0 radical (unpaired) electrons. The molecule has 0 aliphatic rings. The fourth-order valence-corrected chi connectivity index (χ4v) is 2.14. The second-order valence-corrected chi connectivity index (χ2v) is 4.77. The molecular weight excluding hydrogens is 238 g/mol. The zero-order valence-corrected chi connectivity index (χ0v) is 10.9. The van der Waals surface area contributed by atoms with E-state index in [-0.39, 0.29) is 12.3 Å². The summed E-state index contributed by atoms with van der Waals surface area (Å²) in [6, 6.07) is 12.0. The van der Waals surface area contributed by atoms with Gasteiger partial charge in [0.05, 0.1) is 6.42 Å². The number of benzene rings is 1. The molecule has 0 amide bonds. The van der Waals surface area contributed by atoms with E-state index < -0.39 is 5.97 Å². The van der Waals surface area contributed by atoms with Gasteiger partial charge in [0.2, 0.25) is 0 Å². The number of hydrogen-bond acceptors (Lipinski definition) is 2. The second-order valence-electron chi connectivity index (χ2n) is 4.77. The highest BCUT2D eigenvalue weighted by Crippen LogP contribution is 2.24. The Labute approximate surface area is 112 Å². The maximum absolute atomic E-state index is 11.0. The predicted molar refractivity (Wildman–Crippen MR) is 74.1 cm³/mol. The van der Waals surface area contributed by atoms with Gasteiger partial charge in [-0.2, -0.15) is 0 Å². The number of carboxylic acid groups (broad SMARTS) is 1. The zero-order chi connectivity index (χ0) is 13.7. The average Bonchev–Trinajstić information content (AvgIpc) is 2.41. The van der Waals surface area contributed by atoms with Gasteiger partial charge in [0.25, 0.3) is 0 Å². The van der Waals surface area contributed by atoms with Crippen LogP contribution in [0.25, 0.3) is 0 Å². The maximum Gasteiger partial charge on any atom is 0.303 e. The monoisotopic (exact) mass is 255 g/mol. The smallest absolute Gasteiger partial charge is 0.303 e. The Morgan fingerprint density at radius 3 is 2.58 bits per heavy atom. The largest absolute Gasteiger partial charge is 0.481 e. The molecule has 1 aromatic carbocycles. The molecular formula is C16H17NO2. The number of hydrogen-bond donors (Lipinski definition) is 1. The van der Waals surface area contributed by atoms with Crippen LogP contribution in [-0.2, 0) is 11.2 Å². The van der Waals surface area contributed by atoms with Gasteiger partial charge in [-0.15, -0.1) is 0 Å². The third-order valence-corrected chi connectivity index (χ3v) is 3.18. The summed E-state index contributed by atoms with van der Waals surface area (Å²) in [6.45, 7) is 2.04. The van der Waals surface area contributed by atoms with Crippen molar-refractivity contribution in [3.63, 3.8) is 0 Å². The lowest BCUT2D eigenvalue weighted by molar-refractivity contribution is -0.137. The zero-order valence-electron chi connectivity index (χ0n) is 10.9. The molecule has 1 N–H and O–H groups in total. The number of nitrogens with zero attached hydrogens (tertiary/aromatic N) is 1. The molecule has 0 aliphatic carbocycles. The van der Waals surface area contributed by atoms with Crippen molar-refractivity contribution in [1.29, 1.82) is 0 Å². The first-order valence-electron chi connectivity index (χ1n) is 6.32. The molecule has 0 saturated heterocycles. The molecule has 0 aliphatic heterocycles. The molecule has 98 valence electrons. The Kier molecular flexibility index (Phi) is 4.29. The van der Waals surface area contributed by atoms with Crippen molar-refractivity contribution in [1.82, 2.24) is 4.98 Å². The summed E-state index contributed by atoms with van der Waals surface area (Å²) in [6.07, 6.45) is 4.30. The van der Waals surface area contributed by atoms with Crippen LogP contribution in [0.4, 0.5) is 0 Å². The topological polar surface area (TPSA) is 50.2 Å². The van der Waals surface area contributed by atoms with Crippen LogP contribution >= 0.6 is 0 Å².